The zero-order valence-corrected chi connectivity index (χ0v) is 12.6. The van der Waals surface area contributed by atoms with Crippen molar-refractivity contribution in [1.29, 1.82) is 0 Å². The van der Waals surface area contributed by atoms with Crippen molar-refractivity contribution in [3.63, 3.8) is 0 Å². The van der Waals surface area contributed by atoms with Crippen molar-refractivity contribution in [2.45, 2.75) is 38.5 Å². The van der Waals surface area contributed by atoms with Gasteiger partial charge in [0.1, 0.15) is 0 Å². The average Bonchev–Trinajstić information content (AvgIpc) is 2.73. The molecule has 1 nitrogen and oxygen atoms in total. The molecule has 1 fully saturated rings. The summed E-state index contributed by atoms with van der Waals surface area (Å²) in [4.78, 5) is 0. The third-order valence-corrected chi connectivity index (χ3v) is 5.13. The quantitative estimate of drug-likeness (QED) is 0.848. The molecule has 0 amide bonds. The van der Waals surface area contributed by atoms with Gasteiger partial charge in [-0.05, 0) is 43.0 Å². The number of benzene rings is 1. The third-order valence-electron chi connectivity index (χ3n) is 4.39. The van der Waals surface area contributed by atoms with Gasteiger partial charge in [0.2, 0.25) is 0 Å². The highest BCUT2D eigenvalue weighted by Crippen LogP contribution is 2.46. The molecule has 2 atom stereocenters. The molecule has 1 saturated carbocycles. The van der Waals surface area contributed by atoms with Crippen molar-refractivity contribution >= 4 is 23.2 Å². The standard InChI is InChI=1S/C15H21Cl2N/c1-3-18-10-15(8-4-5-11(15)2)12-6-7-13(16)14(17)9-12/h6-7,9,11,18H,3-5,8,10H2,1-2H3. The van der Waals surface area contributed by atoms with Crippen LogP contribution in [0.25, 0.3) is 0 Å². The van der Waals surface area contributed by atoms with Crippen LogP contribution in [0.1, 0.15) is 38.7 Å². The van der Waals surface area contributed by atoms with Gasteiger partial charge >= 0.3 is 0 Å². The highest BCUT2D eigenvalue weighted by Gasteiger charge is 2.41. The summed E-state index contributed by atoms with van der Waals surface area (Å²) in [6.45, 7) is 6.55. The molecule has 0 saturated heterocycles. The van der Waals surface area contributed by atoms with Gasteiger partial charge in [-0.25, -0.2) is 0 Å². The summed E-state index contributed by atoms with van der Waals surface area (Å²) in [5.74, 6) is 0.689. The van der Waals surface area contributed by atoms with Crippen LogP contribution >= 0.6 is 23.2 Å². The summed E-state index contributed by atoms with van der Waals surface area (Å²) in [5, 5.41) is 4.83. The van der Waals surface area contributed by atoms with Gasteiger partial charge in [0.05, 0.1) is 10.0 Å². The summed E-state index contributed by atoms with van der Waals surface area (Å²) >= 11 is 12.2. The molecule has 1 aromatic carbocycles. The molecule has 0 radical (unpaired) electrons. The van der Waals surface area contributed by atoms with Crippen LogP contribution in [-0.2, 0) is 5.41 Å². The highest BCUT2D eigenvalue weighted by molar-refractivity contribution is 6.42. The first kappa shape index (κ1) is 14.2. The number of likely N-dealkylation sites (N-methyl/N-ethyl adjacent to an activating group) is 1. The van der Waals surface area contributed by atoms with Gasteiger partial charge in [0, 0.05) is 12.0 Å². The molecule has 0 aromatic heterocycles. The Kier molecular flexibility index (Phi) is 4.58. The Hall–Kier alpha value is -0.240. The fourth-order valence-electron chi connectivity index (χ4n) is 3.19. The minimum atomic E-state index is 0.226. The van der Waals surface area contributed by atoms with Crippen LogP contribution in [0.5, 0.6) is 0 Å². The number of nitrogens with one attached hydrogen (secondary N) is 1. The lowest BCUT2D eigenvalue weighted by Crippen LogP contribution is -2.40. The third kappa shape index (κ3) is 2.54. The molecule has 100 valence electrons. The second-order valence-electron chi connectivity index (χ2n) is 5.36. The molecule has 0 bridgehead atoms. The minimum absolute atomic E-state index is 0.226. The molecule has 0 spiro atoms. The second-order valence-corrected chi connectivity index (χ2v) is 6.17. The fraction of sp³-hybridized carbons (Fsp3) is 0.600. The Balaban J connectivity index is 2.36. The number of hydrogen-bond acceptors (Lipinski definition) is 1. The van der Waals surface area contributed by atoms with E-state index < -0.39 is 0 Å². The molecule has 3 heteroatoms. The average molecular weight is 286 g/mol. The lowest BCUT2D eigenvalue weighted by molar-refractivity contribution is 0.320. The van der Waals surface area contributed by atoms with Crippen LogP contribution in [0, 0.1) is 5.92 Å². The highest BCUT2D eigenvalue weighted by atomic mass is 35.5. The lowest BCUT2D eigenvalue weighted by Gasteiger charge is -2.35. The van der Waals surface area contributed by atoms with E-state index in [0.29, 0.717) is 16.0 Å². The van der Waals surface area contributed by atoms with E-state index in [1.165, 1.54) is 24.8 Å². The van der Waals surface area contributed by atoms with Crippen molar-refractivity contribution in [3.05, 3.63) is 33.8 Å². The molecule has 1 aliphatic carbocycles. The van der Waals surface area contributed by atoms with Crippen molar-refractivity contribution in [2.75, 3.05) is 13.1 Å². The topological polar surface area (TPSA) is 12.0 Å². The van der Waals surface area contributed by atoms with E-state index in [1.807, 2.05) is 6.07 Å². The number of halogens is 2. The lowest BCUT2D eigenvalue weighted by atomic mass is 9.73. The molecule has 2 rings (SSSR count). The van der Waals surface area contributed by atoms with E-state index in [-0.39, 0.29) is 5.41 Å². The molecule has 2 unspecified atom stereocenters. The maximum absolute atomic E-state index is 6.18. The smallest absolute Gasteiger partial charge is 0.0595 e. The van der Waals surface area contributed by atoms with Crippen molar-refractivity contribution in [3.8, 4) is 0 Å². The van der Waals surface area contributed by atoms with Crippen LogP contribution in [-0.4, -0.2) is 13.1 Å². The Bertz CT molecular complexity index is 419. The van der Waals surface area contributed by atoms with Gasteiger partial charge in [-0.3, -0.25) is 0 Å². The van der Waals surface area contributed by atoms with Gasteiger partial charge in [-0.1, -0.05) is 49.5 Å². The molecular weight excluding hydrogens is 265 g/mol. The van der Waals surface area contributed by atoms with Crippen molar-refractivity contribution < 1.29 is 0 Å². The summed E-state index contributed by atoms with van der Waals surface area (Å²) in [6, 6.07) is 6.13. The van der Waals surface area contributed by atoms with Crippen LogP contribution in [0.3, 0.4) is 0 Å². The normalized spacial score (nSPS) is 27.7. The maximum atomic E-state index is 6.18. The first-order valence-electron chi connectivity index (χ1n) is 6.76. The van der Waals surface area contributed by atoms with Gasteiger partial charge in [0.25, 0.3) is 0 Å². The SMILES string of the molecule is CCNCC1(c2ccc(Cl)c(Cl)c2)CCCC1C. The van der Waals surface area contributed by atoms with E-state index in [9.17, 15) is 0 Å². The molecule has 0 heterocycles. The van der Waals surface area contributed by atoms with Crippen LogP contribution in [0.15, 0.2) is 18.2 Å². The number of rotatable bonds is 4. The van der Waals surface area contributed by atoms with E-state index in [0.717, 1.165) is 13.1 Å². The van der Waals surface area contributed by atoms with Crippen LogP contribution < -0.4 is 5.32 Å². The maximum Gasteiger partial charge on any atom is 0.0595 e. The Morgan fingerprint density at radius 1 is 1.33 bits per heavy atom. The monoisotopic (exact) mass is 285 g/mol. The first-order valence-corrected chi connectivity index (χ1v) is 7.52. The predicted molar refractivity (Wildman–Crippen MR) is 79.7 cm³/mol. The van der Waals surface area contributed by atoms with Gasteiger partial charge in [-0.15, -0.1) is 0 Å². The van der Waals surface area contributed by atoms with Crippen LogP contribution in [0.2, 0.25) is 10.0 Å². The zero-order valence-electron chi connectivity index (χ0n) is 11.1. The second kappa shape index (κ2) is 5.81. The summed E-state index contributed by atoms with van der Waals surface area (Å²) in [6.07, 6.45) is 3.83. The Morgan fingerprint density at radius 3 is 2.67 bits per heavy atom. The zero-order chi connectivity index (χ0) is 13.2. The summed E-state index contributed by atoms with van der Waals surface area (Å²) in [5.41, 5.74) is 1.56. The Labute approximate surface area is 120 Å². The van der Waals surface area contributed by atoms with E-state index in [1.54, 1.807) is 0 Å². The summed E-state index contributed by atoms with van der Waals surface area (Å²) in [7, 11) is 0. The molecule has 18 heavy (non-hydrogen) atoms. The van der Waals surface area contributed by atoms with Crippen molar-refractivity contribution in [1.82, 2.24) is 5.32 Å². The van der Waals surface area contributed by atoms with E-state index in [4.69, 9.17) is 23.2 Å². The van der Waals surface area contributed by atoms with E-state index in [2.05, 4.69) is 31.3 Å². The molecule has 1 N–H and O–H groups in total. The van der Waals surface area contributed by atoms with Crippen molar-refractivity contribution in [2.24, 2.45) is 5.92 Å². The fourth-order valence-corrected chi connectivity index (χ4v) is 3.49. The van der Waals surface area contributed by atoms with Gasteiger partial charge in [0.15, 0.2) is 0 Å². The van der Waals surface area contributed by atoms with Crippen LogP contribution in [0.4, 0.5) is 0 Å². The molecular formula is C15H21Cl2N. The van der Waals surface area contributed by atoms with Gasteiger partial charge in [-0.2, -0.15) is 0 Å². The minimum Gasteiger partial charge on any atom is -0.316 e. The summed E-state index contributed by atoms with van der Waals surface area (Å²) < 4.78 is 0. The first-order chi connectivity index (χ1) is 8.60. The van der Waals surface area contributed by atoms with Gasteiger partial charge < -0.3 is 5.32 Å². The molecule has 1 aliphatic rings. The number of hydrogen-bond donors (Lipinski definition) is 1. The molecule has 0 aliphatic heterocycles. The van der Waals surface area contributed by atoms with E-state index >= 15 is 0 Å². The predicted octanol–water partition coefficient (Wildman–Crippen LogP) is 4.66. The largest absolute Gasteiger partial charge is 0.316 e. The molecule has 1 aromatic rings. The Morgan fingerprint density at radius 2 is 2.11 bits per heavy atom.